The Morgan fingerprint density at radius 1 is 1.42 bits per heavy atom. The molecular weight excluding hydrogens is 348 g/mol. The van der Waals surface area contributed by atoms with Crippen molar-refractivity contribution < 1.29 is 9.53 Å². The molecule has 1 fully saturated rings. The lowest BCUT2D eigenvalue weighted by Crippen LogP contribution is -2.51. The molecule has 2 amide bonds. The molecule has 2 heterocycles. The molecule has 1 unspecified atom stereocenters. The van der Waals surface area contributed by atoms with Crippen molar-refractivity contribution in [1.29, 1.82) is 0 Å². The third-order valence-electron chi connectivity index (χ3n) is 4.71. The standard InChI is InChI=1S/C19H26N4O2S/c1-3-23-9-10-25-17(18(23)15-7-5-4-6-8-15)11-20-19(24)22-14(2)16-12-26-13-21-16/h4-8,12-14,17-18H,3,9-11H2,1-2H3,(H2,20,22,24)/t14?,17-,18-/m0/s1. The maximum Gasteiger partial charge on any atom is 0.315 e. The summed E-state index contributed by atoms with van der Waals surface area (Å²) in [4.78, 5) is 18.9. The molecule has 1 saturated heterocycles. The van der Waals surface area contributed by atoms with Gasteiger partial charge in [-0.25, -0.2) is 9.78 Å². The number of carbonyl (C=O) groups excluding carboxylic acids is 1. The average molecular weight is 375 g/mol. The number of hydrogen-bond acceptors (Lipinski definition) is 5. The van der Waals surface area contributed by atoms with E-state index in [0.717, 1.165) is 18.8 Å². The van der Waals surface area contributed by atoms with Crippen LogP contribution in [0.3, 0.4) is 0 Å². The molecule has 6 nitrogen and oxygen atoms in total. The summed E-state index contributed by atoms with van der Waals surface area (Å²) in [5, 5.41) is 7.83. The quantitative estimate of drug-likeness (QED) is 0.816. The van der Waals surface area contributed by atoms with E-state index in [2.05, 4.69) is 39.6 Å². The number of morpholine rings is 1. The SMILES string of the molecule is CCN1CCO[C@@H](CNC(=O)NC(C)c2cscn2)[C@@H]1c1ccccc1. The van der Waals surface area contributed by atoms with Crippen molar-refractivity contribution >= 4 is 17.4 Å². The van der Waals surface area contributed by atoms with Crippen molar-refractivity contribution in [1.82, 2.24) is 20.5 Å². The highest BCUT2D eigenvalue weighted by Gasteiger charge is 2.32. The smallest absolute Gasteiger partial charge is 0.315 e. The second-order valence-corrected chi connectivity index (χ2v) is 7.10. The van der Waals surface area contributed by atoms with E-state index in [1.807, 2.05) is 30.5 Å². The molecule has 0 aliphatic carbocycles. The lowest BCUT2D eigenvalue weighted by molar-refractivity contribution is -0.0682. The van der Waals surface area contributed by atoms with Gasteiger partial charge in [0.1, 0.15) is 0 Å². The molecular formula is C19H26N4O2S. The number of hydrogen-bond donors (Lipinski definition) is 2. The average Bonchev–Trinajstić information content (AvgIpc) is 3.21. The van der Waals surface area contributed by atoms with Gasteiger partial charge in [-0.1, -0.05) is 37.3 Å². The molecule has 1 aromatic carbocycles. The van der Waals surface area contributed by atoms with Gasteiger partial charge in [0.2, 0.25) is 0 Å². The maximum absolute atomic E-state index is 12.3. The Bertz CT molecular complexity index is 680. The lowest BCUT2D eigenvalue weighted by Gasteiger charge is -2.41. The molecule has 2 N–H and O–H groups in total. The summed E-state index contributed by atoms with van der Waals surface area (Å²) in [6.07, 6.45) is -0.0774. The molecule has 3 atom stereocenters. The summed E-state index contributed by atoms with van der Waals surface area (Å²) < 4.78 is 6.01. The van der Waals surface area contributed by atoms with Crippen molar-refractivity contribution in [2.45, 2.75) is 32.0 Å². The second kappa shape index (κ2) is 9.12. The number of amides is 2. The van der Waals surface area contributed by atoms with Gasteiger partial charge in [-0.2, -0.15) is 0 Å². The van der Waals surface area contributed by atoms with Crippen LogP contribution in [0.1, 0.15) is 37.2 Å². The normalized spacial score (nSPS) is 21.9. The number of carbonyl (C=O) groups is 1. The van der Waals surface area contributed by atoms with Gasteiger partial charge < -0.3 is 15.4 Å². The van der Waals surface area contributed by atoms with Crippen LogP contribution in [-0.4, -0.2) is 48.3 Å². The molecule has 1 aliphatic rings. The van der Waals surface area contributed by atoms with Gasteiger partial charge in [0.05, 0.1) is 36.0 Å². The Hall–Kier alpha value is -1.96. The highest BCUT2D eigenvalue weighted by atomic mass is 32.1. The van der Waals surface area contributed by atoms with Crippen LogP contribution in [0.5, 0.6) is 0 Å². The molecule has 0 saturated carbocycles. The zero-order valence-electron chi connectivity index (χ0n) is 15.2. The third kappa shape index (κ3) is 4.60. The number of urea groups is 1. The number of likely N-dealkylation sites (N-methyl/N-ethyl adjacent to an activating group) is 1. The first-order valence-electron chi connectivity index (χ1n) is 9.02. The van der Waals surface area contributed by atoms with Crippen LogP contribution in [-0.2, 0) is 4.74 Å². The zero-order valence-corrected chi connectivity index (χ0v) is 16.0. The first-order valence-corrected chi connectivity index (χ1v) is 9.96. The summed E-state index contributed by atoms with van der Waals surface area (Å²) in [7, 11) is 0. The number of nitrogens with zero attached hydrogens (tertiary/aromatic N) is 2. The number of thiazole rings is 1. The highest BCUT2D eigenvalue weighted by molar-refractivity contribution is 7.07. The number of aromatic nitrogens is 1. The molecule has 1 aliphatic heterocycles. The molecule has 3 rings (SSSR count). The molecule has 0 spiro atoms. The largest absolute Gasteiger partial charge is 0.373 e. The molecule has 0 radical (unpaired) electrons. The molecule has 1 aromatic heterocycles. The fourth-order valence-corrected chi connectivity index (χ4v) is 3.99. The Morgan fingerprint density at radius 2 is 2.23 bits per heavy atom. The molecule has 2 aromatic rings. The first kappa shape index (κ1) is 18.8. The van der Waals surface area contributed by atoms with Crippen LogP contribution in [0.15, 0.2) is 41.2 Å². The predicted octanol–water partition coefficient (Wildman–Crippen LogP) is 2.97. The number of benzene rings is 1. The molecule has 0 bridgehead atoms. The summed E-state index contributed by atoms with van der Waals surface area (Å²) in [5.74, 6) is 0. The maximum atomic E-state index is 12.3. The van der Waals surface area contributed by atoms with E-state index in [-0.39, 0.29) is 24.2 Å². The van der Waals surface area contributed by atoms with Crippen molar-refractivity contribution in [3.8, 4) is 0 Å². The lowest BCUT2D eigenvalue weighted by atomic mass is 9.98. The molecule has 26 heavy (non-hydrogen) atoms. The van der Waals surface area contributed by atoms with Gasteiger partial charge in [-0.15, -0.1) is 11.3 Å². The van der Waals surface area contributed by atoms with Crippen molar-refractivity contribution in [2.75, 3.05) is 26.2 Å². The van der Waals surface area contributed by atoms with Gasteiger partial charge in [-0.05, 0) is 19.0 Å². The van der Waals surface area contributed by atoms with E-state index in [1.165, 1.54) is 16.9 Å². The van der Waals surface area contributed by atoms with Crippen molar-refractivity contribution in [3.05, 3.63) is 52.5 Å². The monoisotopic (exact) mass is 374 g/mol. The van der Waals surface area contributed by atoms with Crippen LogP contribution < -0.4 is 10.6 Å². The topological polar surface area (TPSA) is 66.5 Å². The van der Waals surface area contributed by atoms with Gasteiger partial charge in [-0.3, -0.25) is 4.90 Å². The summed E-state index contributed by atoms with van der Waals surface area (Å²) in [5.41, 5.74) is 3.86. The molecule has 7 heteroatoms. The number of rotatable bonds is 6. The van der Waals surface area contributed by atoms with Crippen LogP contribution in [0.25, 0.3) is 0 Å². The number of nitrogens with one attached hydrogen (secondary N) is 2. The van der Waals surface area contributed by atoms with Gasteiger partial charge in [0.15, 0.2) is 0 Å². The minimum atomic E-state index is -0.200. The van der Waals surface area contributed by atoms with E-state index in [4.69, 9.17) is 4.74 Å². The van der Waals surface area contributed by atoms with E-state index >= 15 is 0 Å². The van der Waals surface area contributed by atoms with Gasteiger partial charge >= 0.3 is 6.03 Å². The minimum absolute atomic E-state index is 0.0774. The fraction of sp³-hybridized carbons (Fsp3) is 0.474. The van der Waals surface area contributed by atoms with Gasteiger partial charge in [0, 0.05) is 18.5 Å². The Labute approximate surface area is 158 Å². The predicted molar refractivity (Wildman–Crippen MR) is 103 cm³/mol. The Morgan fingerprint density at radius 3 is 2.92 bits per heavy atom. The third-order valence-corrected chi connectivity index (χ3v) is 5.31. The van der Waals surface area contributed by atoms with E-state index < -0.39 is 0 Å². The fourth-order valence-electron chi connectivity index (χ4n) is 3.34. The summed E-state index contributed by atoms with van der Waals surface area (Å²) in [6.45, 7) is 7.09. The van der Waals surface area contributed by atoms with E-state index in [1.54, 1.807) is 5.51 Å². The van der Waals surface area contributed by atoms with Crippen LogP contribution in [0, 0.1) is 0 Å². The van der Waals surface area contributed by atoms with Crippen LogP contribution >= 0.6 is 11.3 Å². The van der Waals surface area contributed by atoms with E-state index in [0.29, 0.717) is 13.2 Å². The highest BCUT2D eigenvalue weighted by Crippen LogP contribution is 2.29. The number of ether oxygens (including phenoxy) is 1. The first-order chi connectivity index (χ1) is 12.7. The van der Waals surface area contributed by atoms with E-state index in [9.17, 15) is 4.79 Å². The van der Waals surface area contributed by atoms with Crippen molar-refractivity contribution in [3.63, 3.8) is 0 Å². The van der Waals surface area contributed by atoms with Crippen molar-refractivity contribution in [2.24, 2.45) is 0 Å². The second-order valence-electron chi connectivity index (χ2n) is 6.38. The van der Waals surface area contributed by atoms with Crippen LogP contribution in [0.2, 0.25) is 0 Å². The van der Waals surface area contributed by atoms with Crippen LogP contribution in [0.4, 0.5) is 4.79 Å². The molecule has 140 valence electrons. The zero-order chi connectivity index (χ0) is 18.4. The minimum Gasteiger partial charge on any atom is -0.373 e. The summed E-state index contributed by atoms with van der Waals surface area (Å²) >= 11 is 1.52. The Kier molecular flexibility index (Phi) is 6.60. The summed E-state index contributed by atoms with van der Waals surface area (Å²) in [6, 6.07) is 10.2. The Balaban J connectivity index is 1.60. The van der Waals surface area contributed by atoms with Gasteiger partial charge in [0.25, 0.3) is 0 Å².